The first-order valence-corrected chi connectivity index (χ1v) is 6.69. The van der Waals surface area contributed by atoms with Crippen molar-refractivity contribution in [3.63, 3.8) is 0 Å². The quantitative estimate of drug-likeness (QED) is 0.747. The molecule has 3 heteroatoms. The van der Waals surface area contributed by atoms with Gasteiger partial charge in [-0.05, 0) is 44.9 Å². The van der Waals surface area contributed by atoms with E-state index in [2.05, 4.69) is 18.7 Å². The molecule has 1 aliphatic carbocycles. The molecule has 16 heavy (non-hydrogen) atoms. The molecule has 1 saturated heterocycles. The number of aliphatic hydroxyl groups excluding tert-OH is 1. The Labute approximate surface area is 99.0 Å². The lowest BCUT2D eigenvalue weighted by Crippen LogP contribution is -2.53. The molecule has 4 unspecified atom stereocenters. The normalized spacial score (nSPS) is 46.1. The molecule has 1 saturated carbocycles. The van der Waals surface area contributed by atoms with Gasteiger partial charge in [-0.1, -0.05) is 6.92 Å². The van der Waals surface area contributed by atoms with Crippen LogP contribution < -0.4 is 5.73 Å². The summed E-state index contributed by atoms with van der Waals surface area (Å²) in [5, 5.41) is 9.39. The van der Waals surface area contributed by atoms with Gasteiger partial charge in [-0.2, -0.15) is 0 Å². The summed E-state index contributed by atoms with van der Waals surface area (Å²) in [4.78, 5) is 2.63. The summed E-state index contributed by atoms with van der Waals surface area (Å²) >= 11 is 0. The Morgan fingerprint density at radius 1 is 1.44 bits per heavy atom. The second kappa shape index (κ2) is 4.63. The lowest BCUT2D eigenvalue weighted by atomic mass is 9.79. The highest BCUT2D eigenvalue weighted by atomic mass is 16.3. The van der Waals surface area contributed by atoms with E-state index in [1.54, 1.807) is 0 Å². The summed E-state index contributed by atoms with van der Waals surface area (Å²) in [5.74, 6) is 0.818. The van der Waals surface area contributed by atoms with Crippen molar-refractivity contribution in [2.75, 3.05) is 13.2 Å². The lowest BCUT2D eigenvalue weighted by molar-refractivity contribution is 0.0765. The Morgan fingerprint density at radius 2 is 2.19 bits per heavy atom. The number of hydrogen-bond acceptors (Lipinski definition) is 3. The molecule has 0 aromatic carbocycles. The third-order valence-corrected chi connectivity index (χ3v) is 4.47. The summed E-state index contributed by atoms with van der Waals surface area (Å²) in [6.07, 6.45) is 5.70. The van der Waals surface area contributed by atoms with Gasteiger partial charge >= 0.3 is 0 Å². The molecule has 0 amide bonds. The topological polar surface area (TPSA) is 49.5 Å². The minimum atomic E-state index is -0.311. The average molecular weight is 226 g/mol. The van der Waals surface area contributed by atoms with Crippen molar-refractivity contribution in [1.29, 1.82) is 0 Å². The van der Waals surface area contributed by atoms with E-state index in [9.17, 15) is 5.11 Å². The van der Waals surface area contributed by atoms with Crippen molar-refractivity contribution in [2.45, 2.75) is 63.6 Å². The minimum Gasteiger partial charge on any atom is -0.394 e. The van der Waals surface area contributed by atoms with Crippen LogP contribution in [-0.2, 0) is 0 Å². The molecule has 1 heterocycles. The molecular weight excluding hydrogens is 200 g/mol. The maximum absolute atomic E-state index is 9.39. The van der Waals surface area contributed by atoms with E-state index in [-0.39, 0.29) is 12.1 Å². The predicted octanol–water partition coefficient (Wildman–Crippen LogP) is 1.35. The van der Waals surface area contributed by atoms with Crippen LogP contribution in [0.15, 0.2) is 0 Å². The van der Waals surface area contributed by atoms with E-state index in [4.69, 9.17) is 5.73 Å². The van der Waals surface area contributed by atoms with E-state index in [0.717, 1.165) is 18.8 Å². The largest absolute Gasteiger partial charge is 0.394 e. The van der Waals surface area contributed by atoms with Crippen LogP contribution in [0.1, 0.15) is 46.0 Å². The number of nitrogens with zero attached hydrogens (tertiary/aromatic N) is 1. The zero-order valence-electron chi connectivity index (χ0n) is 10.7. The summed E-state index contributed by atoms with van der Waals surface area (Å²) in [7, 11) is 0. The third kappa shape index (κ3) is 2.41. The van der Waals surface area contributed by atoms with Gasteiger partial charge in [0.2, 0.25) is 0 Å². The number of aliphatic hydroxyl groups is 1. The Kier molecular flexibility index (Phi) is 3.57. The van der Waals surface area contributed by atoms with Gasteiger partial charge in [-0.3, -0.25) is 4.90 Å². The fraction of sp³-hybridized carbons (Fsp3) is 1.00. The molecule has 2 fully saturated rings. The predicted molar refractivity (Wildman–Crippen MR) is 66.2 cm³/mol. The van der Waals surface area contributed by atoms with Crippen molar-refractivity contribution >= 4 is 0 Å². The Balaban J connectivity index is 1.99. The SMILES string of the molecule is CC1CC(C)N(C2CCCC(N)(CO)C2)C1. The van der Waals surface area contributed by atoms with Crippen molar-refractivity contribution in [2.24, 2.45) is 11.7 Å². The van der Waals surface area contributed by atoms with Crippen LogP contribution in [0, 0.1) is 5.92 Å². The van der Waals surface area contributed by atoms with E-state index >= 15 is 0 Å². The maximum Gasteiger partial charge on any atom is 0.0611 e. The zero-order valence-corrected chi connectivity index (χ0v) is 10.7. The second-order valence-corrected chi connectivity index (χ2v) is 6.16. The second-order valence-electron chi connectivity index (χ2n) is 6.16. The molecule has 0 radical (unpaired) electrons. The van der Waals surface area contributed by atoms with E-state index in [1.807, 2.05) is 0 Å². The minimum absolute atomic E-state index is 0.140. The first-order chi connectivity index (χ1) is 7.54. The number of nitrogens with two attached hydrogens (primary N) is 1. The number of hydrogen-bond donors (Lipinski definition) is 2. The molecule has 0 bridgehead atoms. The molecule has 1 aliphatic heterocycles. The molecule has 0 aromatic rings. The Morgan fingerprint density at radius 3 is 2.75 bits per heavy atom. The van der Waals surface area contributed by atoms with Crippen LogP contribution in [0.5, 0.6) is 0 Å². The van der Waals surface area contributed by atoms with Crippen LogP contribution in [0.3, 0.4) is 0 Å². The van der Waals surface area contributed by atoms with Gasteiger partial charge < -0.3 is 10.8 Å². The van der Waals surface area contributed by atoms with Crippen LogP contribution in [0.25, 0.3) is 0 Å². The summed E-state index contributed by atoms with van der Waals surface area (Å²) in [5.41, 5.74) is 5.91. The van der Waals surface area contributed by atoms with Crippen molar-refractivity contribution in [1.82, 2.24) is 4.90 Å². The number of rotatable bonds is 2. The molecular formula is C13H26N2O. The smallest absolute Gasteiger partial charge is 0.0611 e. The average Bonchev–Trinajstić information content (AvgIpc) is 2.58. The number of likely N-dealkylation sites (tertiary alicyclic amines) is 1. The monoisotopic (exact) mass is 226 g/mol. The molecule has 4 atom stereocenters. The Bertz CT molecular complexity index is 246. The molecule has 0 spiro atoms. The van der Waals surface area contributed by atoms with E-state index in [1.165, 1.54) is 25.8 Å². The van der Waals surface area contributed by atoms with Crippen LogP contribution in [0.2, 0.25) is 0 Å². The van der Waals surface area contributed by atoms with Gasteiger partial charge in [0, 0.05) is 24.2 Å². The fourth-order valence-corrected chi connectivity index (χ4v) is 3.63. The molecule has 94 valence electrons. The van der Waals surface area contributed by atoms with Gasteiger partial charge in [0.15, 0.2) is 0 Å². The molecule has 0 aromatic heterocycles. The first kappa shape index (κ1) is 12.3. The van der Waals surface area contributed by atoms with Crippen LogP contribution in [-0.4, -0.2) is 40.8 Å². The Hall–Kier alpha value is -0.120. The highest BCUT2D eigenvalue weighted by Crippen LogP contribution is 2.34. The van der Waals surface area contributed by atoms with Crippen LogP contribution in [0.4, 0.5) is 0 Å². The zero-order chi connectivity index (χ0) is 11.8. The summed E-state index contributed by atoms with van der Waals surface area (Å²) in [6, 6.07) is 1.30. The van der Waals surface area contributed by atoms with Gasteiger partial charge in [0.25, 0.3) is 0 Å². The van der Waals surface area contributed by atoms with Gasteiger partial charge in [-0.25, -0.2) is 0 Å². The van der Waals surface area contributed by atoms with Crippen molar-refractivity contribution in [3.8, 4) is 0 Å². The van der Waals surface area contributed by atoms with Gasteiger partial charge in [0.05, 0.1) is 6.61 Å². The lowest BCUT2D eigenvalue weighted by Gasteiger charge is -2.42. The third-order valence-electron chi connectivity index (χ3n) is 4.47. The standard InChI is InChI=1S/C13H26N2O/c1-10-6-11(2)15(8-10)12-4-3-5-13(14,7-12)9-16/h10-12,16H,3-9,14H2,1-2H3. The summed E-state index contributed by atoms with van der Waals surface area (Å²) < 4.78 is 0. The molecule has 3 nitrogen and oxygen atoms in total. The van der Waals surface area contributed by atoms with Crippen molar-refractivity contribution < 1.29 is 5.11 Å². The molecule has 2 rings (SSSR count). The van der Waals surface area contributed by atoms with Crippen molar-refractivity contribution in [3.05, 3.63) is 0 Å². The first-order valence-electron chi connectivity index (χ1n) is 6.69. The fourth-order valence-electron chi connectivity index (χ4n) is 3.63. The molecule has 2 aliphatic rings. The molecule has 3 N–H and O–H groups in total. The highest BCUT2D eigenvalue weighted by Gasteiger charge is 2.38. The summed E-state index contributed by atoms with van der Waals surface area (Å²) in [6.45, 7) is 6.02. The highest BCUT2D eigenvalue weighted by molar-refractivity contribution is 4.96. The van der Waals surface area contributed by atoms with Gasteiger partial charge in [0.1, 0.15) is 0 Å². The van der Waals surface area contributed by atoms with Crippen LogP contribution >= 0.6 is 0 Å². The van der Waals surface area contributed by atoms with E-state index < -0.39 is 0 Å². The van der Waals surface area contributed by atoms with E-state index in [0.29, 0.717) is 12.1 Å². The van der Waals surface area contributed by atoms with Gasteiger partial charge in [-0.15, -0.1) is 0 Å². The maximum atomic E-state index is 9.39.